The van der Waals surface area contributed by atoms with Crippen LogP contribution in [0.3, 0.4) is 0 Å². The number of benzene rings is 1. The second kappa shape index (κ2) is 3.59. The third-order valence-electron chi connectivity index (χ3n) is 2.18. The van der Waals surface area contributed by atoms with Gasteiger partial charge in [0.2, 0.25) is 0 Å². The van der Waals surface area contributed by atoms with E-state index < -0.39 is 0 Å². The fourth-order valence-corrected chi connectivity index (χ4v) is 1.43. The number of nitrogens with zero attached hydrogens (tertiary/aromatic N) is 3. The van der Waals surface area contributed by atoms with E-state index in [9.17, 15) is 0 Å². The molecule has 14 heavy (non-hydrogen) atoms. The summed E-state index contributed by atoms with van der Waals surface area (Å²) >= 11 is 0. The summed E-state index contributed by atoms with van der Waals surface area (Å²) in [6.45, 7) is 2.45. The second-order valence-corrected chi connectivity index (χ2v) is 3.11. The highest BCUT2D eigenvalue weighted by molar-refractivity contribution is 5.40. The number of para-hydroxylation sites is 1. The van der Waals surface area contributed by atoms with Gasteiger partial charge in [0.25, 0.3) is 0 Å². The van der Waals surface area contributed by atoms with E-state index in [0.29, 0.717) is 6.54 Å². The van der Waals surface area contributed by atoms with Crippen LogP contribution in [0.15, 0.2) is 30.6 Å². The maximum Gasteiger partial charge on any atom is 0.151 e. The normalized spacial score (nSPS) is 10.4. The molecule has 0 amide bonds. The van der Waals surface area contributed by atoms with E-state index in [2.05, 4.69) is 23.2 Å². The van der Waals surface area contributed by atoms with Gasteiger partial charge < -0.3 is 5.73 Å². The first kappa shape index (κ1) is 8.90. The standard InChI is InChI=1S/C10H12N4/c1-8-4-2-3-5-9(8)14-7-12-13-10(14)6-11/h2-5,7H,6,11H2,1H3. The number of rotatable bonds is 2. The van der Waals surface area contributed by atoms with Gasteiger partial charge in [-0.1, -0.05) is 18.2 Å². The molecule has 72 valence electrons. The molecule has 0 atom stereocenters. The lowest BCUT2D eigenvalue weighted by molar-refractivity contribution is 0.856. The molecule has 0 spiro atoms. The average Bonchev–Trinajstić information content (AvgIpc) is 2.66. The first-order chi connectivity index (χ1) is 6.83. The van der Waals surface area contributed by atoms with Gasteiger partial charge in [-0.15, -0.1) is 10.2 Å². The Kier molecular flexibility index (Phi) is 2.28. The van der Waals surface area contributed by atoms with Crippen LogP contribution in [0.1, 0.15) is 11.4 Å². The summed E-state index contributed by atoms with van der Waals surface area (Å²) in [6.07, 6.45) is 1.69. The molecule has 0 unspecified atom stereocenters. The van der Waals surface area contributed by atoms with Gasteiger partial charge >= 0.3 is 0 Å². The van der Waals surface area contributed by atoms with Crippen molar-refractivity contribution in [3.8, 4) is 5.69 Å². The third-order valence-corrected chi connectivity index (χ3v) is 2.18. The zero-order valence-electron chi connectivity index (χ0n) is 8.01. The molecule has 0 aliphatic rings. The van der Waals surface area contributed by atoms with Crippen LogP contribution in [0.25, 0.3) is 5.69 Å². The zero-order chi connectivity index (χ0) is 9.97. The molecular formula is C10H12N4. The SMILES string of the molecule is Cc1ccccc1-n1cnnc1CN. The molecule has 1 aromatic carbocycles. The van der Waals surface area contributed by atoms with E-state index >= 15 is 0 Å². The van der Waals surface area contributed by atoms with Crippen molar-refractivity contribution in [1.82, 2.24) is 14.8 Å². The summed E-state index contributed by atoms with van der Waals surface area (Å²) in [5.74, 6) is 0.777. The molecule has 0 bridgehead atoms. The molecule has 0 aliphatic carbocycles. The Balaban J connectivity index is 2.54. The number of hydrogen-bond donors (Lipinski definition) is 1. The summed E-state index contributed by atoms with van der Waals surface area (Å²) in [4.78, 5) is 0. The molecule has 2 N–H and O–H groups in total. The van der Waals surface area contributed by atoms with Crippen molar-refractivity contribution in [2.24, 2.45) is 5.73 Å². The summed E-state index contributed by atoms with van der Waals surface area (Å²) in [5.41, 5.74) is 7.82. The molecule has 4 heteroatoms. The maximum absolute atomic E-state index is 5.56. The van der Waals surface area contributed by atoms with Crippen molar-refractivity contribution in [3.05, 3.63) is 42.0 Å². The van der Waals surface area contributed by atoms with Crippen LogP contribution in [0.2, 0.25) is 0 Å². The summed E-state index contributed by atoms with van der Waals surface area (Å²) in [7, 11) is 0. The van der Waals surface area contributed by atoms with Gasteiger partial charge in [-0.3, -0.25) is 4.57 Å². The molecule has 2 rings (SSSR count). The molecule has 2 aromatic rings. The summed E-state index contributed by atoms with van der Waals surface area (Å²) < 4.78 is 1.91. The van der Waals surface area contributed by atoms with Gasteiger partial charge in [-0.2, -0.15) is 0 Å². The number of nitrogens with two attached hydrogens (primary N) is 1. The largest absolute Gasteiger partial charge is 0.324 e. The fraction of sp³-hybridized carbons (Fsp3) is 0.200. The Bertz CT molecular complexity index is 433. The van der Waals surface area contributed by atoms with Gasteiger partial charge in [0.1, 0.15) is 6.33 Å². The highest BCUT2D eigenvalue weighted by Crippen LogP contribution is 2.13. The Hall–Kier alpha value is -1.68. The minimum absolute atomic E-state index is 0.397. The highest BCUT2D eigenvalue weighted by atomic mass is 15.3. The quantitative estimate of drug-likeness (QED) is 0.766. The monoisotopic (exact) mass is 188 g/mol. The Morgan fingerprint density at radius 3 is 2.86 bits per heavy atom. The number of aromatic nitrogens is 3. The molecule has 0 radical (unpaired) electrons. The van der Waals surface area contributed by atoms with Crippen LogP contribution in [-0.4, -0.2) is 14.8 Å². The van der Waals surface area contributed by atoms with E-state index in [1.807, 2.05) is 22.8 Å². The maximum atomic E-state index is 5.56. The van der Waals surface area contributed by atoms with Gasteiger partial charge in [-0.05, 0) is 18.6 Å². The third kappa shape index (κ3) is 1.40. The van der Waals surface area contributed by atoms with E-state index in [4.69, 9.17) is 5.73 Å². The Labute approximate surface area is 82.4 Å². The van der Waals surface area contributed by atoms with Crippen molar-refractivity contribution >= 4 is 0 Å². The van der Waals surface area contributed by atoms with Crippen LogP contribution < -0.4 is 5.73 Å². The van der Waals surface area contributed by atoms with Gasteiger partial charge in [0, 0.05) is 0 Å². The van der Waals surface area contributed by atoms with Gasteiger partial charge in [-0.25, -0.2) is 0 Å². The van der Waals surface area contributed by atoms with Crippen LogP contribution in [0.5, 0.6) is 0 Å². The molecule has 0 fully saturated rings. The van der Waals surface area contributed by atoms with Crippen LogP contribution >= 0.6 is 0 Å². The first-order valence-electron chi connectivity index (χ1n) is 4.48. The van der Waals surface area contributed by atoms with Crippen molar-refractivity contribution in [2.45, 2.75) is 13.5 Å². The molecule has 4 nitrogen and oxygen atoms in total. The molecular weight excluding hydrogens is 176 g/mol. The second-order valence-electron chi connectivity index (χ2n) is 3.11. The smallest absolute Gasteiger partial charge is 0.151 e. The lowest BCUT2D eigenvalue weighted by Crippen LogP contribution is -2.07. The Morgan fingerprint density at radius 1 is 1.36 bits per heavy atom. The van der Waals surface area contributed by atoms with Gasteiger partial charge in [0.05, 0.1) is 12.2 Å². The molecule has 0 aliphatic heterocycles. The van der Waals surface area contributed by atoms with E-state index in [1.54, 1.807) is 6.33 Å². The topological polar surface area (TPSA) is 56.7 Å². The van der Waals surface area contributed by atoms with E-state index in [1.165, 1.54) is 5.56 Å². The van der Waals surface area contributed by atoms with Crippen molar-refractivity contribution < 1.29 is 0 Å². The predicted octanol–water partition coefficient (Wildman–Crippen LogP) is 1.03. The average molecular weight is 188 g/mol. The van der Waals surface area contributed by atoms with Crippen molar-refractivity contribution in [1.29, 1.82) is 0 Å². The zero-order valence-corrected chi connectivity index (χ0v) is 8.01. The Morgan fingerprint density at radius 2 is 2.14 bits per heavy atom. The highest BCUT2D eigenvalue weighted by Gasteiger charge is 2.05. The summed E-state index contributed by atoms with van der Waals surface area (Å²) in [5, 5.41) is 7.78. The van der Waals surface area contributed by atoms with Crippen LogP contribution in [0, 0.1) is 6.92 Å². The molecule has 1 heterocycles. The minimum atomic E-state index is 0.397. The van der Waals surface area contributed by atoms with E-state index in [-0.39, 0.29) is 0 Å². The van der Waals surface area contributed by atoms with Gasteiger partial charge in [0.15, 0.2) is 5.82 Å². The van der Waals surface area contributed by atoms with Crippen LogP contribution in [-0.2, 0) is 6.54 Å². The lowest BCUT2D eigenvalue weighted by Gasteiger charge is -2.07. The van der Waals surface area contributed by atoms with E-state index in [0.717, 1.165) is 11.5 Å². The fourth-order valence-electron chi connectivity index (χ4n) is 1.43. The lowest BCUT2D eigenvalue weighted by atomic mass is 10.2. The molecule has 1 aromatic heterocycles. The minimum Gasteiger partial charge on any atom is -0.324 e. The summed E-state index contributed by atoms with van der Waals surface area (Å²) in [6, 6.07) is 8.07. The van der Waals surface area contributed by atoms with Crippen LogP contribution in [0.4, 0.5) is 0 Å². The number of hydrogen-bond acceptors (Lipinski definition) is 3. The number of aryl methyl sites for hydroxylation is 1. The molecule has 0 saturated carbocycles. The van der Waals surface area contributed by atoms with Crippen molar-refractivity contribution in [2.75, 3.05) is 0 Å². The van der Waals surface area contributed by atoms with Crippen molar-refractivity contribution in [3.63, 3.8) is 0 Å². The molecule has 0 saturated heterocycles. The first-order valence-corrected chi connectivity index (χ1v) is 4.48. The predicted molar refractivity (Wildman–Crippen MR) is 54.0 cm³/mol.